The topological polar surface area (TPSA) is 271 Å². The molecule has 4 heterocycles. The third kappa shape index (κ3) is 8.52. The number of alkyl halides is 8. The van der Waals surface area contributed by atoms with Crippen LogP contribution in [0.15, 0.2) is 118 Å². The summed E-state index contributed by atoms with van der Waals surface area (Å²) in [4.78, 5) is 53.9. The maximum absolute atomic E-state index is 11.3. The van der Waals surface area contributed by atoms with Crippen molar-refractivity contribution in [3.05, 3.63) is 118 Å². The van der Waals surface area contributed by atoms with Gasteiger partial charge in [0.15, 0.2) is 8.67 Å². The first-order valence-corrected chi connectivity index (χ1v) is 23.0. The minimum Gasteiger partial charge on any atom is -0.550 e. The summed E-state index contributed by atoms with van der Waals surface area (Å²) in [6, 6.07) is 24.3. The zero-order chi connectivity index (χ0) is 48.7. The first-order valence-electron chi connectivity index (χ1n) is 18.5. The van der Waals surface area contributed by atoms with E-state index in [2.05, 4.69) is 68.5 Å². The van der Waals surface area contributed by atoms with Gasteiger partial charge in [0.25, 0.3) is 0 Å². The second-order valence-electron chi connectivity index (χ2n) is 14.9. The van der Waals surface area contributed by atoms with E-state index in [0.717, 1.165) is 43.6 Å². The second kappa shape index (κ2) is 21.1. The number of fused-ring (bicyclic) bond motifs is 10. The molecule has 2 fully saturated rings. The number of carbonyl (C=O) groups excluding carboxylic acids is 2. The number of hydrogen-bond acceptors (Lipinski definition) is 10. The third-order valence-electron chi connectivity index (χ3n) is 11.6. The van der Waals surface area contributed by atoms with E-state index >= 15 is 0 Å². The quantitative estimate of drug-likeness (QED) is 0.0747. The first kappa shape index (κ1) is 58.9. The molecule has 69 heavy (non-hydrogen) atoms. The average molecular weight is 1230 g/mol. The van der Waals surface area contributed by atoms with Crippen LogP contribution < -0.4 is 10.2 Å². The Morgan fingerprint density at radius 1 is 0.435 bits per heavy atom. The van der Waals surface area contributed by atoms with E-state index in [-0.39, 0.29) is 37.5 Å². The summed E-state index contributed by atoms with van der Waals surface area (Å²) in [7, 11) is 0. The molecular formula is C42H27Cl12N4NiO10+. The summed E-state index contributed by atoms with van der Waals surface area (Å²) in [5, 5.41) is 43.9. The van der Waals surface area contributed by atoms with Crippen LogP contribution in [-0.2, 0) is 41.1 Å². The molecule has 7 N–H and O–H groups in total. The van der Waals surface area contributed by atoms with E-state index in [1.54, 1.807) is 24.8 Å². The number of pyridine rings is 4. The zero-order valence-electron chi connectivity index (χ0n) is 33.6. The number of aromatic nitrogens is 4. The molecule has 368 valence electrons. The summed E-state index contributed by atoms with van der Waals surface area (Å²) in [5.41, 5.74) is 3.91. The van der Waals surface area contributed by atoms with Crippen LogP contribution >= 0.6 is 139 Å². The van der Waals surface area contributed by atoms with Gasteiger partial charge in [-0.2, -0.15) is 0 Å². The van der Waals surface area contributed by atoms with E-state index in [1.807, 2.05) is 24.3 Å². The fourth-order valence-electron chi connectivity index (χ4n) is 8.55. The molecule has 14 nitrogen and oxygen atoms in total. The molecule has 0 radical (unpaired) electrons. The fraction of sp³-hybridized carbons (Fsp3) is 0.238. The average Bonchev–Trinajstić information content (AvgIpc) is 3.63. The minimum atomic E-state index is -2.26. The van der Waals surface area contributed by atoms with Gasteiger partial charge in [-0.25, -0.2) is 0 Å². The van der Waals surface area contributed by atoms with Crippen molar-refractivity contribution < 1.29 is 67.0 Å². The summed E-state index contributed by atoms with van der Waals surface area (Å²) in [5.74, 6) is -13.9. The summed E-state index contributed by atoms with van der Waals surface area (Å²) < 4.78 is -4.43. The molecule has 2 saturated carbocycles. The number of aliphatic carboxylic acids is 4. The smallest absolute Gasteiger partial charge is 0.550 e. The normalized spacial score (nSPS) is 28.5. The van der Waals surface area contributed by atoms with Crippen molar-refractivity contribution >= 4 is 207 Å². The van der Waals surface area contributed by atoms with Gasteiger partial charge in [-0.1, -0.05) is 141 Å². The minimum absolute atomic E-state index is 0. The Bertz CT molecular complexity index is 2720. The number of carboxylic acids is 4. The van der Waals surface area contributed by atoms with Gasteiger partial charge in [-0.15, -0.1) is 46.4 Å². The van der Waals surface area contributed by atoms with Crippen LogP contribution in [0, 0.1) is 23.7 Å². The summed E-state index contributed by atoms with van der Waals surface area (Å²) in [6.07, 6.45) is 7.21. The Morgan fingerprint density at radius 3 is 0.826 bits per heavy atom. The van der Waals surface area contributed by atoms with Crippen LogP contribution in [0.4, 0.5) is 0 Å². The molecule has 6 aromatic rings. The molecule has 8 atom stereocenters. The number of carboxylic acid groups (broad SMARTS) is 4. The van der Waals surface area contributed by atoms with Crippen molar-refractivity contribution in [1.82, 2.24) is 19.9 Å². The maximum Gasteiger partial charge on any atom is 2.00 e. The number of benzene rings is 2. The predicted octanol–water partition coefficient (Wildman–Crippen LogP) is 7.61. The van der Waals surface area contributed by atoms with Gasteiger partial charge in [-0.05, 0) is 24.3 Å². The molecular weight excluding hydrogens is 1200 g/mol. The Kier molecular flexibility index (Phi) is 18.0. The summed E-state index contributed by atoms with van der Waals surface area (Å²) in [6.45, 7) is 0. The van der Waals surface area contributed by atoms with E-state index in [1.165, 1.54) is 0 Å². The molecule has 2 aromatic carbocycles. The number of allylic oxidation sites excluding steroid dienone is 4. The van der Waals surface area contributed by atoms with Gasteiger partial charge in [-0.3, -0.25) is 29.5 Å². The molecule has 4 bridgehead atoms. The van der Waals surface area contributed by atoms with Gasteiger partial charge in [0.2, 0.25) is 0 Å². The van der Waals surface area contributed by atoms with E-state index < -0.39 is 85.8 Å². The fourth-order valence-corrected chi connectivity index (χ4v) is 14.4. The standard InChI is InChI=1S/2C12H8N2.2C9H4Cl6O4.Ni.2H2O/c2*1-3-9-5-6-10-4-2-8-14-12(10)11(9)13-7-1;2*10-3-4(11)8(13)2(6(18)19)1(5(16)17)7(3,12)9(8,14)15;;;/h2*1-8H;2*1-2H,(H,16,17)(H,18,19);;2*1H2/q;;;;+2;;/p-1/t;;2*1-,2+,7+,8-;;;. The van der Waals surface area contributed by atoms with Crippen molar-refractivity contribution in [2.75, 3.05) is 0 Å². The van der Waals surface area contributed by atoms with Crippen molar-refractivity contribution in [3.63, 3.8) is 0 Å². The molecule has 0 saturated heterocycles. The predicted molar refractivity (Wildman–Crippen MR) is 262 cm³/mol. The number of halogens is 12. The molecule has 4 aliphatic carbocycles. The van der Waals surface area contributed by atoms with Crippen LogP contribution in [0.5, 0.6) is 0 Å². The largest absolute Gasteiger partial charge is 2.00 e. The van der Waals surface area contributed by atoms with Gasteiger partial charge >= 0.3 is 28.4 Å². The Hall–Kier alpha value is -2.67. The Labute approximate surface area is 459 Å². The van der Waals surface area contributed by atoms with Crippen LogP contribution in [0.25, 0.3) is 43.6 Å². The molecule has 4 aliphatic rings. The van der Waals surface area contributed by atoms with Crippen molar-refractivity contribution in [1.29, 1.82) is 0 Å². The number of carbonyl (C=O) groups is 4. The van der Waals surface area contributed by atoms with E-state index in [9.17, 15) is 39.6 Å². The van der Waals surface area contributed by atoms with Gasteiger partial charge in [0.1, 0.15) is 19.5 Å². The first-order chi connectivity index (χ1) is 30.8. The molecule has 4 aromatic heterocycles. The van der Waals surface area contributed by atoms with Crippen molar-refractivity contribution in [3.8, 4) is 0 Å². The van der Waals surface area contributed by atoms with Crippen LogP contribution in [0.2, 0.25) is 0 Å². The second-order valence-corrected chi connectivity index (χ2v) is 21.5. The molecule has 0 spiro atoms. The van der Waals surface area contributed by atoms with Gasteiger partial charge < -0.3 is 41.0 Å². The van der Waals surface area contributed by atoms with Crippen LogP contribution in [0.1, 0.15) is 0 Å². The van der Waals surface area contributed by atoms with E-state index in [4.69, 9.17) is 139 Å². The summed E-state index contributed by atoms with van der Waals surface area (Å²) >= 11 is 72.0. The number of rotatable bonds is 4. The van der Waals surface area contributed by atoms with Crippen molar-refractivity contribution in [2.45, 2.75) is 28.2 Å². The van der Waals surface area contributed by atoms with Crippen LogP contribution in [-0.4, -0.2) is 87.7 Å². The van der Waals surface area contributed by atoms with Gasteiger partial charge in [0.05, 0.1) is 54.0 Å². The molecule has 0 amide bonds. The molecule has 0 unspecified atom stereocenters. The third-order valence-corrected chi connectivity index (χ3v) is 20.1. The van der Waals surface area contributed by atoms with Gasteiger partial charge in [0, 0.05) is 70.1 Å². The number of hydrogen-bond donors (Lipinski definition) is 2. The monoisotopic (exact) mass is 1220 g/mol. The van der Waals surface area contributed by atoms with E-state index in [0.29, 0.717) is 0 Å². The van der Waals surface area contributed by atoms with Crippen LogP contribution in [0.3, 0.4) is 0 Å². The SMILES string of the molecule is O.O=C(O)[C@@H]1[C@H](C(=O)O)[C@]2(Cl)C(Cl)=C(Cl)[C@@]1(Cl)C2(Cl)Cl.O=C([O-])[C@@H]1[C@H](C(=O)[O-])[C@]2(Cl)C(Cl)=C(Cl)[C@@]1(Cl)C2(Cl)Cl.[Ni+2].[OH3+].c1cnc2c(c1)ccc1cccnc12.c1cnc2c(c1)ccc1cccnc12. The molecule has 0 aliphatic heterocycles. The van der Waals surface area contributed by atoms with Crippen molar-refractivity contribution in [2.24, 2.45) is 23.7 Å². The Morgan fingerprint density at radius 2 is 0.638 bits per heavy atom. The zero-order valence-corrected chi connectivity index (χ0v) is 43.7. The molecule has 27 heteroatoms. The number of nitrogens with zero attached hydrogens (tertiary/aromatic N) is 4. The molecule has 10 rings (SSSR count). The maximum atomic E-state index is 11.3. The Balaban J connectivity index is 0.000000199.